The van der Waals surface area contributed by atoms with Crippen molar-refractivity contribution >= 4 is 39.1 Å². The number of esters is 1. The molecular formula is C17H15N3O4S. The number of thiophene rings is 1. The first-order valence-corrected chi connectivity index (χ1v) is 8.24. The van der Waals surface area contributed by atoms with Crippen molar-refractivity contribution in [3.05, 3.63) is 57.5 Å². The summed E-state index contributed by atoms with van der Waals surface area (Å²) in [6.45, 7) is 1.69. The Morgan fingerprint density at radius 2 is 2.08 bits per heavy atom. The van der Waals surface area contributed by atoms with Crippen molar-refractivity contribution in [2.75, 3.05) is 12.4 Å². The van der Waals surface area contributed by atoms with E-state index in [1.165, 1.54) is 29.3 Å². The van der Waals surface area contributed by atoms with Crippen LogP contribution in [0.2, 0.25) is 0 Å². The van der Waals surface area contributed by atoms with E-state index in [0.29, 0.717) is 15.9 Å². The Kier molecular flexibility index (Phi) is 4.62. The van der Waals surface area contributed by atoms with Crippen molar-refractivity contribution in [2.24, 2.45) is 0 Å². The van der Waals surface area contributed by atoms with E-state index in [0.717, 1.165) is 4.88 Å². The molecule has 8 heteroatoms. The van der Waals surface area contributed by atoms with E-state index in [9.17, 15) is 14.4 Å². The molecule has 3 aromatic rings. The molecule has 25 heavy (non-hydrogen) atoms. The maximum Gasteiger partial charge on any atom is 0.339 e. The maximum atomic E-state index is 12.4. The third-order valence-corrected chi connectivity index (χ3v) is 4.52. The highest BCUT2D eigenvalue weighted by Gasteiger charge is 2.15. The van der Waals surface area contributed by atoms with Crippen LogP contribution in [0.15, 0.2) is 41.5 Å². The van der Waals surface area contributed by atoms with Gasteiger partial charge in [-0.2, -0.15) is 0 Å². The van der Waals surface area contributed by atoms with Gasteiger partial charge in [-0.1, -0.05) is 12.1 Å². The molecule has 0 aliphatic rings. The number of carbonyl (C=O) groups is 2. The number of aryl methyl sites for hydroxylation is 1. The lowest BCUT2D eigenvalue weighted by molar-refractivity contribution is -0.116. The smallest absolute Gasteiger partial charge is 0.339 e. The normalized spacial score (nSPS) is 10.6. The van der Waals surface area contributed by atoms with Crippen LogP contribution in [0, 0.1) is 6.92 Å². The molecular weight excluding hydrogens is 342 g/mol. The number of benzene rings is 1. The van der Waals surface area contributed by atoms with Crippen LogP contribution >= 0.6 is 11.3 Å². The van der Waals surface area contributed by atoms with Gasteiger partial charge in [0, 0.05) is 4.88 Å². The molecule has 2 heterocycles. The highest BCUT2D eigenvalue weighted by molar-refractivity contribution is 7.18. The van der Waals surface area contributed by atoms with Gasteiger partial charge in [-0.05, 0) is 25.1 Å². The largest absolute Gasteiger partial charge is 0.465 e. The van der Waals surface area contributed by atoms with Gasteiger partial charge in [-0.25, -0.2) is 9.78 Å². The number of nitrogens with zero attached hydrogens (tertiary/aromatic N) is 2. The van der Waals surface area contributed by atoms with Crippen molar-refractivity contribution in [1.82, 2.24) is 9.55 Å². The Morgan fingerprint density at radius 1 is 1.32 bits per heavy atom. The molecule has 0 radical (unpaired) electrons. The van der Waals surface area contributed by atoms with Gasteiger partial charge in [0.1, 0.15) is 11.4 Å². The Hall–Kier alpha value is -3.00. The molecule has 2 aromatic heterocycles. The van der Waals surface area contributed by atoms with Crippen LogP contribution in [-0.4, -0.2) is 28.5 Å². The van der Waals surface area contributed by atoms with E-state index in [2.05, 4.69) is 10.3 Å². The molecule has 1 aromatic carbocycles. The molecule has 0 fully saturated rings. The second-order valence-corrected chi connectivity index (χ2v) is 6.57. The van der Waals surface area contributed by atoms with E-state index in [-0.39, 0.29) is 17.7 Å². The Labute approximate surface area is 146 Å². The van der Waals surface area contributed by atoms with E-state index in [4.69, 9.17) is 4.74 Å². The number of fused-ring (bicyclic) bond motifs is 1. The summed E-state index contributed by atoms with van der Waals surface area (Å²) in [6.07, 6.45) is 1.35. The predicted octanol–water partition coefficient (Wildman–Crippen LogP) is 2.19. The number of rotatable bonds is 4. The molecule has 0 atom stereocenters. The lowest BCUT2D eigenvalue weighted by atomic mass is 10.2. The quantitative estimate of drug-likeness (QED) is 0.723. The molecule has 0 aliphatic carbocycles. The first-order chi connectivity index (χ1) is 12.0. The van der Waals surface area contributed by atoms with Crippen molar-refractivity contribution < 1.29 is 14.3 Å². The first-order valence-electron chi connectivity index (χ1n) is 7.42. The van der Waals surface area contributed by atoms with Crippen molar-refractivity contribution in [2.45, 2.75) is 13.5 Å². The highest BCUT2D eigenvalue weighted by Crippen LogP contribution is 2.19. The molecule has 7 nitrogen and oxygen atoms in total. The average molecular weight is 357 g/mol. The fourth-order valence-corrected chi connectivity index (χ4v) is 3.26. The Bertz CT molecular complexity index is 1020. The van der Waals surface area contributed by atoms with E-state index in [1.54, 1.807) is 30.3 Å². The number of hydrogen-bond acceptors (Lipinski definition) is 6. The summed E-state index contributed by atoms with van der Waals surface area (Å²) in [7, 11) is 1.27. The van der Waals surface area contributed by atoms with Crippen LogP contribution < -0.4 is 10.9 Å². The predicted molar refractivity (Wildman–Crippen MR) is 95.0 cm³/mol. The molecule has 0 aliphatic heterocycles. The minimum absolute atomic E-state index is 0.202. The molecule has 0 spiro atoms. The van der Waals surface area contributed by atoms with Crippen molar-refractivity contribution in [3.8, 4) is 0 Å². The van der Waals surface area contributed by atoms with Crippen molar-refractivity contribution in [3.63, 3.8) is 0 Å². The SMILES string of the molecule is COC(=O)c1ccccc1NC(=O)Cn1cnc2sc(C)cc2c1=O. The maximum absolute atomic E-state index is 12.4. The number of anilines is 1. The third-order valence-electron chi connectivity index (χ3n) is 3.56. The van der Waals surface area contributed by atoms with Crippen LogP contribution in [0.25, 0.3) is 10.2 Å². The minimum Gasteiger partial charge on any atom is -0.465 e. The Balaban J connectivity index is 1.83. The number of ether oxygens (including phenoxy) is 1. The standard InChI is InChI=1S/C17H15N3O4S/c1-10-7-12-15(25-10)18-9-20(16(12)22)8-14(21)19-13-6-4-3-5-11(13)17(23)24-2/h3-7,9H,8H2,1-2H3,(H,19,21). The van der Waals surface area contributed by atoms with Gasteiger partial charge in [0.2, 0.25) is 5.91 Å². The number of methoxy groups -OCH3 is 1. The number of hydrogen-bond donors (Lipinski definition) is 1. The first kappa shape index (κ1) is 16.8. The summed E-state index contributed by atoms with van der Waals surface area (Å²) in [5.41, 5.74) is 0.298. The fourth-order valence-electron chi connectivity index (χ4n) is 2.42. The third kappa shape index (κ3) is 3.43. The van der Waals surface area contributed by atoms with Gasteiger partial charge >= 0.3 is 5.97 Å². The summed E-state index contributed by atoms with van der Waals surface area (Å²) in [5.74, 6) is -0.989. The number of carbonyl (C=O) groups excluding carboxylic acids is 2. The van der Waals surface area contributed by atoms with Gasteiger partial charge in [0.25, 0.3) is 5.56 Å². The van der Waals surface area contributed by atoms with Crippen LogP contribution in [-0.2, 0) is 16.1 Å². The van der Waals surface area contributed by atoms with Gasteiger partial charge in [-0.3, -0.25) is 14.2 Å². The summed E-state index contributed by atoms with van der Waals surface area (Å²) in [6, 6.07) is 8.27. The monoisotopic (exact) mass is 357 g/mol. The van der Waals surface area contributed by atoms with Crippen LogP contribution in [0.4, 0.5) is 5.69 Å². The lowest BCUT2D eigenvalue weighted by Gasteiger charge is -2.10. The van der Waals surface area contributed by atoms with Gasteiger partial charge in [0.05, 0.1) is 30.1 Å². The molecule has 0 bridgehead atoms. The molecule has 3 rings (SSSR count). The molecule has 1 amide bonds. The number of para-hydroxylation sites is 1. The molecule has 0 saturated carbocycles. The van der Waals surface area contributed by atoms with Crippen LogP contribution in [0.3, 0.4) is 0 Å². The topological polar surface area (TPSA) is 90.3 Å². The zero-order valence-corrected chi connectivity index (χ0v) is 14.4. The fraction of sp³-hybridized carbons (Fsp3) is 0.176. The second kappa shape index (κ2) is 6.86. The highest BCUT2D eigenvalue weighted by atomic mass is 32.1. The molecule has 1 N–H and O–H groups in total. The van der Waals surface area contributed by atoms with Gasteiger partial charge < -0.3 is 10.1 Å². The minimum atomic E-state index is -0.551. The number of amides is 1. The van der Waals surface area contributed by atoms with E-state index in [1.807, 2.05) is 6.92 Å². The number of nitrogens with one attached hydrogen (secondary N) is 1. The summed E-state index contributed by atoms with van der Waals surface area (Å²) >= 11 is 1.43. The van der Waals surface area contributed by atoms with Gasteiger partial charge in [-0.15, -0.1) is 11.3 Å². The van der Waals surface area contributed by atoms with Crippen molar-refractivity contribution in [1.29, 1.82) is 0 Å². The Morgan fingerprint density at radius 3 is 2.84 bits per heavy atom. The lowest BCUT2D eigenvalue weighted by Crippen LogP contribution is -2.28. The second-order valence-electron chi connectivity index (χ2n) is 5.34. The average Bonchev–Trinajstić information content (AvgIpc) is 2.98. The summed E-state index contributed by atoms with van der Waals surface area (Å²) in [5, 5.41) is 3.12. The zero-order valence-electron chi connectivity index (χ0n) is 13.6. The summed E-state index contributed by atoms with van der Waals surface area (Å²) < 4.78 is 5.93. The molecule has 0 saturated heterocycles. The summed E-state index contributed by atoms with van der Waals surface area (Å²) in [4.78, 5) is 42.3. The molecule has 0 unspecified atom stereocenters. The zero-order chi connectivity index (χ0) is 18.0. The van der Waals surface area contributed by atoms with E-state index < -0.39 is 11.9 Å². The van der Waals surface area contributed by atoms with E-state index >= 15 is 0 Å². The molecule has 128 valence electrons. The van der Waals surface area contributed by atoms with Crippen LogP contribution in [0.5, 0.6) is 0 Å². The number of aromatic nitrogens is 2. The van der Waals surface area contributed by atoms with Crippen LogP contribution in [0.1, 0.15) is 15.2 Å². The van der Waals surface area contributed by atoms with Gasteiger partial charge in [0.15, 0.2) is 0 Å².